The van der Waals surface area contributed by atoms with Gasteiger partial charge < -0.3 is 20.9 Å². The Labute approximate surface area is 228 Å². The number of carbonyl (C=O) groups is 2. The minimum atomic E-state index is -4.57. The van der Waals surface area contributed by atoms with Gasteiger partial charge in [-0.25, -0.2) is 9.78 Å². The second-order valence-electron chi connectivity index (χ2n) is 11.8. The monoisotopic (exact) mass is 570 g/mol. The van der Waals surface area contributed by atoms with Crippen LogP contribution >= 0.6 is 11.6 Å². The third-order valence-corrected chi connectivity index (χ3v) is 9.00. The molecule has 12 heteroatoms. The highest BCUT2D eigenvalue weighted by molar-refractivity contribution is 6.91. The van der Waals surface area contributed by atoms with Gasteiger partial charge in [-0.1, -0.05) is 32.4 Å². The normalized spacial score (nSPS) is 18.8. The molecule has 0 unspecified atom stereocenters. The lowest BCUT2D eigenvalue weighted by Crippen LogP contribution is -2.60. The molecule has 3 rings (SSSR count). The van der Waals surface area contributed by atoms with E-state index in [1.165, 1.54) is 12.1 Å². The van der Waals surface area contributed by atoms with Crippen molar-refractivity contribution in [2.45, 2.75) is 96.1 Å². The van der Waals surface area contributed by atoms with Crippen LogP contribution in [0.1, 0.15) is 72.9 Å². The standard InChI is InChI=1S/C26H36ClF3N5O2Si/c1-24(2,3)34-22(36)35-38(25(4,5)6)23(37)32-17-10-8-16(9-11-17)31-20-14-21(26(28,29)30)33-19-12-7-15(27)13-18(19)20/h7,12-14,16-17H,8-11H2,1-6H3,(H,31,33)(H,32,37)(H2,34,35,36). The number of benzene rings is 1. The van der Waals surface area contributed by atoms with E-state index in [9.17, 15) is 22.8 Å². The van der Waals surface area contributed by atoms with E-state index in [4.69, 9.17) is 11.6 Å². The molecular formula is C26H36ClF3N5O2Si. The van der Waals surface area contributed by atoms with E-state index >= 15 is 0 Å². The fraction of sp³-hybridized carbons (Fsp3) is 0.577. The van der Waals surface area contributed by atoms with Crippen LogP contribution in [0.3, 0.4) is 0 Å². The summed E-state index contributed by atoms with van der Waals surface area (Å²) in [6.45, 7) is 11.4. The largest absolute Gasteiger partial charge is 0.433 e. The number of aromatic nitrogens is 1. The van der Waals surface area contributed by atoms with Gasteiger partial charge in [0, 0.05) is 33.7 Å². The van der Waals surface area contributed by atoms with E-state index in [1.54, 1.807) is 6.07 Å². The van der Waals surface area contributed by atoms with Gasteiger partial charge in [-0.3, -0.25) is 4.79 Å². The lowest BCUT2D eigenvalue weighted by molar-refractivity contribution is -0.140. The Bertz CT molecular complexity index is 1170. The van der Waals surface area contributed by atoms with Crippen LogP contribution in [-0.2, 0) is 6.18 Å². The number of carbonyl (C=O) groups excluding carboxylic acids is 2. The van der Waals surface area contributed by atoms with Crippen LogP contribution in [0.15, 0.2) is 24.3 Å². The number of fused-ring (bicyclic) bond motifs is 1. The predicted molar refractivity (Wildman–Crippen MR) is 147 cm³/mol. The highest BCUT2D eigenvalue weighted by Gasteiger charge is 2.39. The fourth-order valence-corrected chi connectivity index (χ4v) is 6.37. The van der Waals surface area contributed by atoms with E-state index < -0.39 is 31.4 Å². The lowest BCUT2D eigenvalue weighted by Gasteiger charge is -2.34. The van der Waals surface area contributed by atoms with Crippen molar-refractivity contribution in [2.75, 3.05) is 5.32 Å². The Hall–Kier alpha value is -2.53. The predicted octanol–water partition coefficient (Wildman–Crippen LogP) is 6.81. The average Bonchev–Trinajstić information content (AvgIpc) is 2.76. The molecule has 209 valence electrons. The molecule has 3 amide bonds. The topological polar surface area (TPSA) is 95.2 Å². The van der Waals surface area contributed by atoms with Gasteiger partial charge in [0.05, 0.1) is 5.52 Å². The van der Waals surface area contributed by atoms with E-state index in [-0.39, 0.29) is 29.2 Å². The zero-order chi connectivity index (χ0) is 28.5. The number of alkyl halides is 3. The third kappa shape index (κ3) is 8.23. The van der Waals surface area contributed by atoms with Crippen molar-refractivity contribution in [1.82, 2.24) is 20.6 Å². The van der Waals surface area contributed by atoms with Crippen molar-refractivity contribution in [3.05, 3.63) is 35.0 Å². The maximum absolute atomic E-state index is 13.5. The first-order valence-corrected chi connectivity index (χ1v) is 14.5. The van der Waals surface area contributed by atoms with Gasteiger partial charge in [0.1, 0.15) is 5.69 Å². The molecule has 0 aliphatic heterocycles. The summed E-state index contributed by atoms with van der Waals surface area (Å²) >= 11 is 6.11. The second-order valence-corrected chi connectivity index (χ2v) is 15.2. The van der Waals surface area contributed by atoms with E-state index in [0.29, 0.717) is 41.8 Å². The Kier molecular flexibility index (Phi) is 8.92. The Morgan fingerprint density at radius 1 is 0.974 bits per heavy atom. The van der Waals surface area contributed by atoms with Crippen LogP contribution in [0.4, 0.5) is 28.4 Å². The summed E-state index contributed by atoms with van der Waals surface area (Å²) < 4.78 is 40.4. The molecule has 2 aromatic rings. The second kappa shape index (κ2) is 11.3. The summed E-state index contributed by atoms with van der Waals surface area (Å²) in [5.74, 6) is 0. The molecule has 1 aromatic heterocycles. The van der Waals surface area contributed by atoms with Crippen LogP contribution in [0.2, 0.25) is 10.1 Å². The van der Waals surface area contributed by atoms with Crippen LogP contribution in [0.5, 0.6) is 0 Å². The highest BCUT2D eigenvalue weighted by Crippen LogP contribution is 2.35. The van der Waals surface area contributed by atoms with Gasteiger partial charge in [0.2, 0.25) is 5.53 Å². The number of anilines is 1. The molecule has 1 radical (unpaired) electrons. The Morgan fingerprint density at radius 3 is 2.13 bits per heavy atom. The molecule has 1 heterocycles. The first kappa shape index (κ1) is 30.0. The maximum Gasteiger partial charge on any atom is 0.433 e. The smallest absolute Gasteiger partial charge is 0.382 e. The van der Waals surface area contributed by atoms with E-state index in [2.05, 4.69) is 25.9 Å². The molecule has 1 aliphatic rings. The molecule has 38 heavy (non-hydrogen) atoms. The molecule has 7 nitrogen and oxygen atoms in total. The summed E-state index contributed by atoms with van der Waals surface area (Å²) in [6, 6.07) is 5.11. The SMILES string of the molecule is CC(C)(C)NC(=O)N[Si](C(=O)NC1CCC(Nc2cc(C(F)(F)F)nc3ccc(Cl)cc23)CC1)C(C)(C)C. The van der Waals surface area contributed by atoms with Crippen molar-refractivity contribution in [1.29, 1.82) is 0 Å². The molecule has 0 spiro atoms. The van der Waals surface area contributed by atoms with Gasteiger partial charge in [0.25, 0.3) is 8.96 Å². The van der Waals surface area contributed by atoms with Gasteiger partial charge in [-0.15, -0.1) is 0 Å². The van der Waals surface area contributed by atoms with Gasteiger partial charge in [-0.2, -0.15) is 13.2 Å². The Balaban J connectivity index is 1.66. The molecule has 1 saturated carbocycles. The minimum absolute atomic E-state index is 0.0723. The summed E-state index contributed by atoms with van der Waals surface area (Å²) in [7, 11) is -1.97. The minimum Gasteiger partial charge on any atom is -0.382 e. The molecule has 1 aromatic carbocycles. The van der Waals surface area contributed by atoms with Crippen molar-refractivity contribution in [2.24, 2.45) is 0 Å². The molecular weight excluding hydrogens is 535 g/mol. The number of hydrogen-bond acceptors (Lipinski definition) is 4. The molecule has 4 N–H and O–H groups in total. The quantitative estimate of drug-likeness (QED) is 0.297. The average molecular weight is 571 g/mol. The van der Waals surface area contributed by atoms with Crippen LogP contribution in [0, 0.1) is 0 Å². The number of pyridine rings is 1. The van der Waals surface area contributed by atoms with Gasteiger partial charge in [-0.05, 0) is 75.8 Å². The highest BCUT2D eigenvalue weighted by atomic mass is 35.5. The number of rotatable bonds is 5. The van der Waals surface area contributed by atoms with Crippen LogP contribution in [-0.4, -0.2) is 43.1 Å². The molecule has 0 saturated heterocycles. The number of amides is 3. The zero-order valence-corrected chi connectivity index (χ0v) is 24.3. The van der Waals surface area contributed by atoms with E-state index in [1.807, 2.05) is 41.5 Å². The van der Waals surface area contributed by atoms with Crippen LogP contribution in [0.25, 0.3) is 10.9 Å². The zero-order valence-electron chi connectivity index (χ0n) is 22.6. The molecule has 0 bridgehead atoms. The number of urea groups is 1. The summed E-state index contributed by atoms with van der Waals surface area (Å²) in [6.07, 6.45) is -1.94. The van der Waals surface area contributed by atoms with Gasteiger partial charge >= 0.3 is 12.2 Å². The lowest BCUT2D eigenvalue weighted by atomic mass is 9.91. The number of nitrogens with zero attached hydrogens (tertiary/aromatic N) is 1. The van der Waals surface area contributed by atoms with Crippen molar-refractivity contribution >= 4 is 48.7 Å². The fourth-order valence-electron chi connectivity index (χ4n) is 4.39. The maximum atomic E-state index is 13.5. The van der Waals surface area contributed by atoms with E-state index in [0.717, 1.165) is 6.07 Å². The molecule has 1 fully saturated rings. The number of halogens is 4. The van der Waals surface area contributed by atoms with Crippen molar-refractivity contribution in [3.8, 4) is 0 Å². The van der Waals surface area contributed by atoms with Crippen LogP contribution < -0.4 is 20.9 Å². The van der Waals surface area contributed by atoms with Crippen molar-refractivity contribution < 1.29 is 22.8 Å². The summed E-state index contributed by atoms with van der Waals surface area (Å²) in [4.78, 5) is 32.3. The number of hydrogen-bond donors (Lipinski definition) is 4. The first-order chi connectivity index (χ1) is 17.4. The summed E-state index contributed by atoms with van der Waals surface area (Å²) in [5.41, 5.74) is -0.997. The number of nitrogens with one attached hydrogen (secondary N) is 4. The molecule has 0 atom stereocenters. The van der Waals surface area contributed by atoms with Gasteiger partial charge in [0.15, 0.2) is 0 Å². The Morgan fingerprint density at radius 2 is 1.58 bits per heavy atom. The van der Waals surface area contributed by atoms with Crippen molar-refractivity contribution in [3.63, 3.8) is 0 Å². The summed E-state index contributed by atoms with van der Waals surface area (Å²) in [5, 5.41) is 9.73. The molecule has 1 aliphatic carbocycles. The first-order valence-electron chi connectivity index (χ1n) is 12.6. The third-order valence-electron chi connectivity index (χ3n) is 6.19.